The number of benzene rings is 2. The molecule has 168 valence electrons. The Hall–Kier alpha value is -3.32. The normalized spacial score (nSPS) is 15.3. The molecule has 0 spiro atoms. The molecule has 0 saturated heterocycles. The minimum atomic E-state index is -0.639. The molecule has 2 heterocycles. The van der Waals surface area contributed by atoms with Crippen LogP contribution >= 0.6 is 0 Å². The Morgan fingerprint density at radius 1 is 1.03 bits per heavy atom. The molecule has 2 aromatic carbocycles. The molecular weight excluding hydrogens is 410 g/mol. The summed E-state index contributed by atoms with van der Waals surface area (Å²) in [4.78, 5) is 28.4. The van der Waals surface area contributed by atoms with Gasteiger partial charge in [-0.25, -0.2) is 0 Å². The molecule has 0 saturated carbocycles. The Labute approximate surface area is 186 Å². The summed E-state index contributed by atoms with van der Waals surface area (Å²) < 4.78 is 17.4. The van der Waals surface area contributed by atoms with Gasteiger partial charge in [-0.3, -0.25) is 9.59 Å². The van der Waals surface area contributed by atoms with Gasteiger partial charge in [-0.1, -0.05) is 17.7 Å². The van der Waals surface area contributed by atoms with E-state index in [1.54, 1.807) is 23.1 Å². The third-order valence-electron chi connectivity index (χ3n) is 5.56. The molecule has 0 bridgehead atoms. The van der Waals surface area contributed by atoms with E-state index >= 15 is 0 Å². The minimum absolute atomic E-state index is 0.0566. The molecule has 1 amide bonds. The average molecular weight is 437 g/mol. The van der Waals surface area contributed by atoms with Gasteiger partial charge in [0.25, 0.3) is 5.91 Å². The highest BCUT2D eigenvalue weighted by Crippen LogP contribution is 2.41. The number of rotatable bonds is 8. The summed E-state index contributed by atoms with van der Waals surface area (Å²) >= 11 is 0. The fourth-order valence-corrected chi connectivity index (χ4v) is 4.19. The van der Waals surface area contributed by atoms with Crippen molar-refractivity contribution in [2.75, 3.05) is 26.4 Å². The van der Waals surface area contributed by atoms with Crippen LogP contribution in [0.4, 0.5) is 0 Å². The van der Waals surface area contributed by atoms with Crippen LogP contribution in [-0.2, 0) is 0 Å². The van der Waals surface area contributed by atoms with Crippen molar-refractivity contribution in [3.63, 3.8) is 0 Å². The van der Waals surface area contributed by atoms with Crippen molar-refractivity contribution in [3.05, 3.63) is 69.1 Å². The Morgan fingerprint density at radius 3 is 2.50 bits per heavy atom. The van der Waals surface area contributed by atoms with Crippen molar-refractivity contribution in [2.24, 2.45) is 0 Å². The fraction of sp³-hybridized carbons (Fsp3) is 0.360. The molecular formula is C25H27NO6. The molecule has 32 heavy (non-hydrogen) atoms. The Balaban J connectivity index is 1.93. The number of amides is 1. The van der Waals surface area contributed by atoms with Gasteiger partial charge in [0.1, 0.15) is 5.58 Å². The molecule has 0 fully saturated rings. The number of aryl methyl sites for hydroxylation is 1. The molecule has 0 unspecified atom stereocenters. The van der Waals surface area contributed by atoms with Gasteiger partial charge in [0, 0.05) is 13.2 Å². The maximum Gasteiger partial charge on any atom is 0.290 e. The maximum atomic E-state index is 13.6. The van der Waals surface area contributed by atoms with Crippen LogP contribution in [0.1, 0.15) is 53.6 Å². The van der Waals surface area contributed by atoms with Crippen LogP contribution in [-0.4, -0.2) is 42.3 Å². The number of nitrogens with zero attached hydrogens (tertiary/aromatic N) is 1. The highest BCUT2D eigenvalue weighted by atomic mass is 16.5. The number of hydrogen-bond donors (Lipinski definition) is 1. The van der Waals surface area contributed by atoms with E-state index < -0.39 is 6.04 Å². The molecule has 7 heteroatoms. The van der Waals surface area contributed by atoms with Crippen LogP contribution in [0.3, 0.4) is 0 Å². The number of aliphatic hydroxyl groups is 1. The number of aliphatic hydroxyl groups excluding tert-OH is 1. The summed E-state index contributed by atoms with van der Waals surface area (Å²) in [5, 5.41) is 9.82. The highest BCUT2D eigenvalue weighted by molar-refractivity contribution is 5.99. The van der Waals surface area contributed by atoms with E-state index in [2.05, 4.69) is 0 Å². The van der Waals surface area contributed by atoms with Gasteiger partial charge in [-0.05, 0) is 57.0 Å². The van der Waals surface area contributed by atoms with Crippen LogP contribution < -0.4 is 14.9 Å². The van der Waals surface area contributed by atoms with E-state index in [1.165, 1.54) is 0 Å². The zero-order chi connectivity index (χ0) is 22.8. The maximum absolute atomic E-state index is 13.6. The largest absolute Gasteiger partial charge is 0.490 e. The number of ether oxygens (including phenoxy) is 2. The van der Waals surface area contributed by atoms with Crippen LogP contribution in [0.5, 0.6) is 11.5 Å². The highest BCUT2D eigenvalue weighted by Gasteiger charge is 2.42. The molecule has 1 aromatic heterocycles. The molecule has 4 rings (SSSR count). The van der Waals surface area contributed by atoms with Gasteiger partial charge in [0.15, 0.2) is 16.9 Å². The standard InChI is InChI=1S/C25H27NO6/c1-4-30-19-10-8-16(14-20(19)31-5-2)22-21-23(28)17-13-15(3)7-9-18(17)32-24(21)25(29)26(22)11-6-12-27/h7-10,13-14,22,27H,4-6,11-12H2,1-3H3/t22-/m1/s1. The SMILES string of the molecule is CCOc1ccc([C@@H]2c3c(oc4ccc(C)cc4c3=O)C(=O)N2CCCO)cc1OCC. The van der Waals surface area contributed by atoms with Crippen molar-refractivity contribution < 1.29 is 23.8 Å². The summed E-state index contributed by atoms with van der Waals surface area (Å²) in [5.74, 6) is 0.854. The molecule has 3 aromatic rings. The Kier molecular flexibility index (Phi) is 6.19. The lowest BCUT2D eigenvalue weighted by atomic mass is 9.97. The van der Waals surface area contributed by atoms with Gasteiger partial charge in [-0.15, -0.1) is 0 Å². The van der Waals surface area contributed by atoms with E-state index in [1.807, 2.05) is 39.0 Å². The molecule has 0 radical (unpaired) electrons. The van der Waals surface area contributed by atoms with Crippen LogP contribution in [0, 0.1) is 6.92 Å². The number of fused-ring (bicyclic) bond motifs is 2. The first-order valence-corrected chi connectivity index (χ1v) is 10.9. The molecule has 0 aliphatic carbocycles. The predicted octanol–water partition coefficient (Wildman–Crippen LogP) is 3.83. The van der Waals surface area contributed by atoms with Crippen molar-refractivity contribution in [1.29, 1.82) is 0 Å². The zero-order valence-corrected chi connectivity index (χ0v) is 18.5. The Morgan fingerprint density at radius 2 is 1.78 bits per heavy atom. The summed E-state index contributed by atoms with van der Waals surface area (Å²) in [5.41, 5.74) is 2.14. The first-order valence-electron chi connectivity index (χ1n) is 10.9. The van der Waals surface area contributed by atoms with Crippen LogP contribution in [0.15, 0.2) is 45.6 Å². The average Bonchev–Trinajstić information content (AvgIpc) is 3.06. The number of carbonyl (C=O) groups excluding carboxylic acids is 1. The third kappa shape index (κ3) is 3.73. The van der Waals surface area contributed by atoms with E-state index in [4.69, 9.17) is 13.9 Å². The van der Waals surface area contributed by atoms with Gasteiger partial charge in [0.05, 0.1) is 30.2 Å². The monoisotopic (exact) mass is 437 g/mol. The summed E-state index contributed by atoms with van der Waals surface area (Å²) in [6.07, 6.45) is 0.387. The lowest BCUT2D eigenvalue weighted by Gasteiger charge is -2.25. The third-order valence-corrected chi connectivity index (χ3v) is 5.56. The quantitative estimate of drug-likeness (QED) is 0.576. The molecule has 1 N–H and O–H groups in total. The fourth-order valence-electron chi connectivity index (χ4n) is 4.19. The number of hydrogen-bond acceptors (Lipinski definition) is 6. The lowest BCUT2D eigenvalue weighted by molar-refractivity contribution is 0.0716. The lowest BCUT2D eigenvalue weighted by Crippen LogP contribution is -2.31. The van der Waals surface area contributed by atoms with Gasteiger partial charge < -0.3 is 23.9 Å². The van der Waals surface area contributed by atoms with E-state index in [0.29, 0.717) is 47.7 Å². The first kappa shape index (κ1) is 21.9. The van der Waals surface area contributed by atoms with E-state index in [-0.39, 0.29) is 30.2 Å². The molecule has 1 aliphatic heterocycles. The van der Waals surface area contributed by atoms with Crippen molar-refractivity contribution in [2.45, 2.75) is 33.2 Å². The second kappa shape index (κ2) is 9.04. The second-order valence-corrected chi connectivity index (χ2v) is 7.72. The first-order chi connectivity index (χ1) is 15.5. The van der Waals surface area contributed by atoms with E-state index in [0.717, 1.165) is 11.1 Å². The Bertz CT molecular complexity index is 1220. The number of carbonyl (C=O) groups is 1. The van der Waals surface area contributed by atoms with Gasteiger partial charge in [-0.2, -0.15) is 0 Å². The van der Waals surface area contributed by atoms with Crippen LogP contribution in [0.25, 0.3) is 11.0 Å². The van der Waals surface area contributed by atoms with Gasteiger partial charge in [0.2, 0.25) is 5.76 Å². The van der Waals surface area contributed by atoms with E-state index in [9.17, 15) is 14.7 Å². The van der Waals surface area contributed by atoms with Crippen LogP contribution in [0.2, 0.25) is 0 Å². The van der Waals surface area contributed by atoms with Crippen molar-refractivity contribution >= 4 is 16.9 Å². The summed E-state index contributed by atoms with van der Waals surface area (Å²) in [6, 6.07) is 10.2. The molecule has 1 aliphatic rings. The predicted molar refractivity (Wildman–Crippen MR) is 121 cm³/mol. The van der Waals surface area contributed by atoms with Gasteiger partial charge >= 0.3 is 0 Å². The molecule has 1 atom stereocenters. The summed E-state index contributed by atoms with van der Waals surface area (Å²) in [7, 11) is 0. The molecule has 7 nitrogen and oxygen atoms in total. The van der Waals surface area contributed by atoms with Crippen molar-refractivity contribution in [1.82, 2.24) is 4.90 Å². The zero-order valence-electron chi connectivity index (χ0n) is 18.5. The topological polar surface area (TPSA) is 89.2 Å². The summed E-state index contributed by atoms with van der Waals surface area (Å²) in [6.45, 7) is 6.84. The smallest absolute Gasteiger partial charge is 0.290 e. The van der Waals surface area contributed by atoms with Crippen molar-refractivity contribution in [3.8, 4) is 11.5 Å². The second-order valence-electron chi connectivity index (χ2n) is 7.72. The minimum Gasteiger partial charge on any atom is -0.490 e.